The average Bonchev–Trinajstić information content (AvgIpc) is 2.73. The molecule has 0 N–H and O–H groups in total. The highest BCUT2D eigenvalue weighted by molar-refractivity contribution is 7.99. The zero-order chi connectivity index (χ0) is 13.7. The molecule has 2 unspecified atom stereocenters. The highest BCUT2D eigenvalue weighted by Crippen LogP contribution is 2.25. The largest absolute Gasteiger partial charge is 0.339 e. The van der Waals surface area contributed by atoms with Gasteiger partial charge in [-0.25, -0.2) is 0 Å². The number of thioether (sulfide) groups is 1. The Labute approximate surface area is 113 Å². The van der Waals surface area contributed by atoms with Crippen molar-refractivity contribution in [3.8, 4) is 0 Å². The highest BCUT2D eigenvalue weighted by Gasteiger charge is 2.26. The maximum absolute atomic E-state index is 11.6. The van der Waals surface area contributed by atoms with Gasteiger partial charge in [-0.3, -0.25) is 4.79 Å². The third kappa shape index (κ3) is 4.12. The summed E-state index contributed by atoms with van der Waals surface area (Å²) < 4.78 is 5.22. The molecule has 0 aliphatic heterocycles. The van der Waals surface area contributed by atoms with Crippen LogP contribution in [0.15, 0.2) is 4.52 Å². The summed E-state index contributed by atoms with van der Waals surface area (Å²) >= 11 is 1.80. The van der Waals surface area contributed by atoms with Crippen LogP contribution in [-0.2, 0) is 10.5 Å². The van der Waals surface area contributed by atoms with E-state index < -0.39 is 0 Å². The Morgan fingerprint density at radius 1 is 1.39 bits per heavy atom. The first-order valence-electron chi connectivity index (χ1n) is 6.40. The van der Waals surface area contributed by atoms with E-state index in [9.17, 15) is 4.79 Å². The zero-order valence-electron chi connectivity index (χ0n) is 11.8. The van der Waals surface area contributed by atoms with Gasteiger partial charge in [-0.05, 0) is 19.3 Å². The monoisotopic (exact) mass is 270 g/mol. The summed E-state index contributed by atoms with van der Waals surface area (Å²) in [4.78, 5) is 15.9. The number of nitrogens with zero attached hydrogens (tertiary/aromatic N) is 2. The molecule has 0 spiro atoms. The van der Waals surface area contributed by atoms with Gasteiger partial charge < -0.3 is 4.52 Å². The third-order valence-electron chi connectivity index (χ3n) is 2.93. The second-order valence-electron chi connectivity index (χ2n) is 4.91. The van der Waals surface area contributed by atoms with Gasteiger partial charge in [0.15, 0.2) is 5.82 Å². The van der Waals surface area contributed by atoms with E-state index in [1.165, 1.54) is 0 Å². The number of aromatic nitrogens is 2. The number of carbonyl (C=O) groups excluding carboxylic acids is 1. The molecule has 4 nitrogen and oxygen atoms in total. The standard InChI is InChI=1S/C13H22N2O2S/c1-6-9(4)18-7-11-14-13(17-15-11)12(8(2)3)10(5)16/h8-9,12H,6-7H2,1-5H3. The van der Waals surface area contributed by atoms with Gasteiger partial charge in [0.2, 0.25) is 5.89 Å². The molecule has 0 aliphatic carbocycles. The topological polar surface area (TPSA) is 56.0 Å². The van der Waals surface area contributed by atoms with Crippen LogP contribution in [0.1, 0.15) is 58.7 Å². The molecule has 2 atom stereocenters. The molecule has 102 valence electrons. The summed E-state index contributed by atoms with van der Waals surface area (Å²) in [6, 6.07) is 0. The van der Waals surface area contributed by atoms with Gasteiger partial charge in [-0.1, -0.05) is 32.9 Å². The predicted molar refractivity (Wildman–Crippen MR) is 73.6 cm³/mol. The number of Topliss-reactive ketones (excluding diaryl/α,β-unsaturated/α-hetero) is 1. The average molecular weight is 270 g/mol. The molecule has 0 saturated heterocycles. The first-order valence-corrected chi connectivity index (χ1v) is 7.45. The minimum Gasteiger partial charge on any atom is -0.339 e. The fourth-order valence-electron chi connectivity index (χ4n) is 1.72. The molecular weight excluding hydrogens is 248 g/mol. The van der Waals surface area contributed by atoms with Crippen molar-refractivity contribution < 1.29 is 9.32 Å². The molecule has 1 heterocycles. The van der Waals surface area contributed by atoms with E-state index in [1.807, 2.05) is 13.8 Å². The quantitative estimate of drug-likeness (QED) is 0.759. The Kier molecular flexibility index (Phi) is 5.85. The number of hydrogen-bond donors (Lipinski definition) is 0. The van der Waals surface area contributed by atoms with Crippen LogP contribution in [0.2, 0.25) is 0 Å². The van der Waals surface area contributed by atoms with Crippen LogP contribution in [0, 0.1) is 5.92 Å². The predicted octanol–water partition coefficient (Wildman–Crippen LogP) is 3.43. The molecule has 0 amide bonds. The smallest absolute Gasteiger partial charge is 0.237 e. The number of ketones is 1. The van der Waals surface area contributed by atoms with Crippen LogP contribution in [-0.4, -0.2) is 21.2 Å². The first kappa shape index (κ1) is 15.2. The molecule has 5 heteroatoms. The van der Waals surface area contributed by atoms with Crippen molar-refractivity contribution in [3.63, 3.8) is 0 Å². The number of hydrogen-bond acceptors (Lipinski definition) is 5. The maximum atomic E-state index is 11.6. The summed E-state index contributed by atoms with van der Waals surface area (Å²) in [6.07, 6.45) is 1.12. The Bertz CT molecular complexity index is 390. The van der Waals surface area contributed by atoms with Crippen molar-refractivity contribution in [3.05, 3.63) is 11.7 Å². The second-order valence-corrected chi connectivity index (χ2v) is 6.34. The Morgan fingerprint density at radius 3 is 2.56 bits per heavy atom. The minimum atomic E-state index is -0.278. The van der Waals surface area contributed by atoms with Gasteiger partial charge in [-0.2, -0.15) is 16.7 Å². The van der Waals surface area contributed by atoms with E-state index in [0.717, 1.165) is 12.2 Å². The van der Waals surface area contributed by atoms with Gasteiger partial charge in [0, 0.05) is 5.25 Å². The normalized spacial score (nSPS) is 14.8. The molecule has 0 fully saturated rings. The number of rotatable bonds is 7. The second kappa shape index (κ2) is 6.92. The lowest BCUT2D eigenvalue weighted by Gasteiger charge is -2.12. The maximum Gasteiger partial charge on any atom is 0.237 e. The van der Waals surface area contributed by atoms with Gasteiger partial charge in [0.05, 0.1) is 11.7 Å². The van der Waals surface area contributed by atoms with E-state index in [-0.39, 0.29) is 17.6 Å². The van der Waals surface area contributed by atoms with Crippen LogP contribution in [0.4, 0.5) is 0 Å². The highest BCUT2D eigenvalue weighted by atomic mass is 32.2. The van der Waals surface area contributed by atoms with E-state index in [4.69, 9.17) is 4.52 Å². The fraction of sp³-hybridized carbons (Fsp3) is 0.769. The molecule has 0 saturated carbocycles. The lowest BCUT2D eigenvalue weighted by Crippen LogP contribution is -2.15. The lowest BCUT2D eigenvalue weighted by molar-refractivity contribution is -0.119. The van der Waals surface area contributed by atoms with E-state index in [2.05, 4.69) is 24.0 Å². The minimum absolute atomic E-state index is 0.0785. The van der Waals surface area contributed by atoms with Crippen LogP contribution in [0.5, 0.6) is 0 Å². The van der Waals surface area contributed by atoms with Crippen LogP contribution in [0.25, 0.3) is 0 Å². The molecule has 18 heavy (non-hydrogen) atoms. The Morgan fingerprint density at radius 2 is 2.06 bits per heavy atom. The summed E-state index contributed by atoms with van der Waals surface area (Å²) in [5.41, 5.74) is 0. The van der Waals surface area contributed by atoms with Crippen molar-refractivity contribution >= 4 is 17.5 Å². The van der Waals surface area contributed by atoms with E-state index in [0.29, 0.717) is 17.0 Å². The van der Waals surface area contributed by atoms with Crippen molar-refractivity contribution in [2.24, 2.45) is 5.92 Å². The number of carbonyl (C=O) groups is 1. The molecule has 1 rings (SSSR count). The van der Waals surface area contributed by atoms with Gasteiger partial charge in [-0.15, -0.1) is 0 Å². The molecule has 0 aliphatic rings. The SMILES string of the molecule is CCC(C)SCc1noc(C(C(C)=O)C(C)C)n1. The van der Waals surface area contributed by atoms with Gasteiger partial charge in [0.1, 0.15) is 5.78 Å². The van der Waals surface area contributed by atoms with E-state index in [1.54, 1.807) is 18.7 Å². The summed E-state index contributed by atoms with van der Waals surface area (Å²) in [7, 11) is 0. The molecule has 0 bridgehead atoms. The van der Waals surface area contributed by atoms with E-state index >= 15 is 0 Å². The molecule has 0 aromatic carbocycles. The van der Waals surface area contributed by atoms with Crippen molar-refractivity contribution in [1.29, 1.82) is 0 Å². The van der Waals surface area contributed by atoms with Gasteiger partial charge >= 0.3 is 0 Å². The van der Waals surface area contributed by atoms with Crippen LogP contribution >= 0.6 is 11.8 Å². The summed E-state index contributed by atoms with van der Waals surface area (Å²) in [6.45, 7) is 9.89. The zero-order valence-corrected chi connectivity index (χ0v) is 12.6. The van der Waals surface area contributed by atoms with Crippen LogP contribution < -0.4 is 0 Å². The first-order chi connectivity index (χ1) is 8.45. The molecule has 1 aromatic rings. The summed E-state index contributed by atoms with van der Waals surface area (Å²) in [5.74, 6) is 1.86. The van der Waals surface area contributed by atoms with Gasteiger partial charge in [0.25, 0.3) is 0 Å². The van der Waals surface area contributed by atoms with Crippen molar-refractivity contribution in [1.82, 2.24) is 10.1 Å². The molecular formula is C13H22N2O2S. The fourth-order valence-corrected chi connectivity index (χ4v) is 2.50. The lowest BCUT2D eigenvalue weighted by atomic mass is 9.92. The summed E-state index contributed by atoms with van der Waals surface area (Å²) in [5, 5.41) is 4.53. The molecule has 0 radical (unpaired) electrons. The Hall–Kier alpha value is -0.840. The third-order valence-corrected chi connectivity index (χ3v) is 4.25. The Balaban J connectivity index is 2.69. The molecule has 1 aromatic heterocycles. The van der Waals surface area contributed by atoms with Crippen molar-refractivity contribution in [2.75, 3.05) is 0 Å². The van der Waals surface area contributed by atoms with Crippen LogP contribution in [0.3, 0.4) is 0 Å². The van der Waals surface area contributed by atoms with Crippen molar-refractivity contribution in [2.45, 2.75) is 58.0 Å².